The Balaban J connectivity index is 1.98. The molecule has 28 heavy (non-hydrogen) atoms. The molecule has 0 spiro atoms. The molecule has 2 heterocycles. The van der Waals surface area contributed by atoms with Crippen LogP contribution < -0.4 is 4.31 Å². The molecule has 0 N–H and O–H groups in total. The molecular weight excluding hydrogens is 381 g/mol. The second-order valence-corrected chi connectivity index (χ2v) is 8.69. The van der Waals surface area contributed by atoms with Gasteiger partial charge in [0.05, 0.1) is 15.9 Å². The summed E-state index contributed by atoms with van der Waals surface area (Å²) in [4.78, 5) is 4.50. The number of halogens is 1. The minimum absolute atomic E-state index is 0.0342. The van der Waals surface area contributed by atoms with Gasteiger partial charge in [0, 0.05) is 13.0 Å². The number of anilines is 1. The molecule has 4 aromatic rings. The third kappa shape index (κ3) is 2.78. The Hall–Kier alpha value is -3.07. The van der Waals surface area contributed by atoms with E-state index in [0.717, 1.165) is 22.0 Å². The molecule has 0 aliphatic carbocycles. The summed E-state index contributed by atoms with van der Waals surface area (Å²) >= 11 is 0. The molecule has 2 aromatic carbocycles. The van der Waals surface area contributed by atoms with Gasteiger partial charge in [0.25, 0.3) is 10.0 Å². The first-order valence-corrected chi connectivity index (χ1v) is 10.1. The van der Waals surface area contributed by atoms with Gasteiger partial charge in [-0.2, -0.15) is 0 Å². The smallest absolute Gasteiger partial charge is 0.265 e. The van der Waals surface area contributed by atoms with Crippen LogP contribution in [0.2, 0.25) is 0 Å². The Morgan fingerprint density at radius 1 is 1.04 bits per heavy atom. The van der Waals surface area contributed by atoms with Crippen LogP contribution in [0.4, 0.5) is 10.2 Å². The maximum atomic E-state index is 13.2. The van der Waals surface area contributed by atoms with Gasteiger partial charge in [0.1, 0.15) is 11.6 Å². The van der Waals surface area contributed by atoms with Crippen molar-refractivity contribution in [2.75, 3.05) is 11.4 Å². The highest BCUT2D eigenvalue weighted by Crippen LogP contribution is 2.29. The van der Waals surface area contributed by atoms with E-state index in [4.69, 9.17) is 0 Å². The van der Waals surface area contributed by atoms with Gasteiger partial charge in [-0.25, -0.2) is 22.1 Å². The van der Waals surface area contributed by atoms with E-state index >= 15 is 0 Å². The summed E-state index contributed by atoms with van der Waals surface area (Å²) in [7, 11) is -2.55. The number of hydrogen-bond acceptors (Lipinski definition) is 5. The first kappa shape index (κ1) is 18.3. The normalized spacial score (nSPS) is 12.2. The van der Waals surface area contributed by atoms with Gasteiger partial charge < -0.3 is 0 Å². The van der Waals surface area contributed by atoms with Crippen molar-refractivity contribution >= 4 is 32.5 Å². The summed E-state index contributed by atoms with van der Waals surface area (Å²) < 4.78 is 42.2. The van der Waals surface area contributed by atoms with E-state index in [1.165, 1.54) is 19.2 Å². The predicted molar refractivity (Wildman–Crippen MR) is 104 cm³/mol. The van der Waals surface area contributed by atoms with Crippen molar-refractivity contribution in [2.24, 2.45) is 0 Å². The maximum Gasteiger partial charge on any atom is 0.265 e. The van der Waals surface area contributed by atoms with E-state index in [0.29, 0.717) is 17.0 Å². The average Bonchev–Trinajstić information content (AvgIpc) is 3.13. The number of rotatable bonds is 4. The van der Waals surface area contributed by atoms with Crippen LogP contribution in [-0.4, -0.2) is 35.0 Å². The number of fused-ring (bicyclic) bond motifs is 3. The van der Waals surface area contributed by atoms with Gasteiger partial charge in [0.15, 0.2) is 5.82 Å². The third-order valence-electron chi connectivity index (χ3n) is 4.52. The molecule has 0 unspecified atom stereocenters. The first-order chi connectivity index (χ1) is 13.3. The lowest BCUT2D eigenvalue weighted by molar-refractivity contribution is 0.592. The van der Waals surface area contributed by atoms with E-state index < -0.39 is 15.8 Å². The summed E-state index contributed by atoms with van der Waals surface area (Å²) in [6.45, 7) is 3.98. The second kappa shape index (κ2) is 6.52. The average molecular weight is 399 g/mol. The first-order valence-electron chi connectivity index (χ1n) is 8.69. The van der Waals surface area contributed by atoms with Gasteiger partial charge in [-0.1, -0.05) is 26.0 Å². The zero-order valence-corrected chi connectivity index (χ0v) is 16.4. The molecule has 0 aliphatic heterocycles. The zero-order chi connectivity index (χ0) is 20.1. The van der Waals surface area contributed by atoms with E-state index in [1.54, 1.807) is 6.07 Å². The summed E-state index contributed by atoms with van der Waals surface area (Å²) in [5, 5.41) is 8.47. The maximum absolute atomic E-state index is 13.2. The number of hydrogen-bond donors (Lipinski definition) is 0. The fraction of sp³-hybridized carbons (Fsp3) is 0.211. The molecule has 144 valence electrons. The lowest BCUT2D eigenvalue weighted by Crippen LogP contribution is -2.28. The molecule has 0 aliphatic rings. The monoisotopic (exact) mass is 399 g/mol. The zero-order valence-electron chi connectivity index (χ0n) is 15.5. The predicted octanol–water partition coefficient (Wildman–Crippen LogP) is 3.37. The molecule has 2 aromatic heterocycles. The Kier molecular flexibility index (Phi) is 4.26. The molecule has 0 bridgehead atoms. The SMILES string of the molecule is CC(C)c1nnc2c(N(C)S(=O)(=O)c3ccc(F)cc3)nc3ccccc3n12. The molecule has 7 nitrogen and oxygen atoms in total. The Bertz CT molecular complexity index is 1280. The number of aromatic nitrogens is 4. The molecule has 4 rings (SSSR count). The highest BCUT2D eigenvalue weighted by molar-refractivity contribution is 7.92. The minimum Gasteiger partial charge on any atom is -0.274 e. The Morgan fingerprint density at radius 3 is 2.39 bits per heavy atom. The molecule has 0 saturated carbocycles. The van der Waals surface area contributed by atoms with Crippen LogP contribution in [0.5, 0.6) is 0 Å². The molecule has 9 heteroatoms. The van der Waals surface area contributed by atoms with Crippen LogP contribution in [-0.2, 0) is 10.0 Å². The molecule has 0 fully saturated rings. The van der Waals surface area contributed by atoms with Gasteiger partial charge in [-0.05, 0) is 36.4 Å². The highest BCUT2D eigenvalue weighted by atomic mass is 32.2. The molecule has 0 radical (unpaired) electrons. The van der Waals surface area contributed by atoms with Crippen LogP contribution >= 0.6 is 0 Å². The molecule has 0 saturated heterocycles. The van der Waals surface area contributed by atoms with Gasteiger partial charge >= 0.3 is 0 Å². The van der Waals surface area contributed by atoms with Crippen LogP contribution in [0.1, 0.15) is 25.6 Å². The minimum atomic E-state index is -3.96. The lowest BCUT2D eigenvalue weighted by Gasteiger charge is -2.20. The Morgan fingerprint density at radius 2 is 1.71 bits per heavy atom. The summed E-state index contributed by atoms with van der Waals surface area (Å²) in [5.74, 6) is 0.435. The number of benzene rings is 2. The van der Waals surface area contributed by atoms with Crippen molar-refractivity contribution in [1.29, 1.82) is 0 Å². The Labute approximate surface area is 161 Å². The van der Waals surface area contributed by atoms with Crippen LogP contribution in [0.25, 0.3) is 16.7 Å². The van der Waals surface area contributed by atoms with Crippen LogP contribution in [0, 0.1) is 5.82 Å². The molecule has 0 atom stereocenters. The van der Waals surface area contributed by atoms with Crippen molar-refractivity contribution in [2.45, 2.75) is 24.7 Å². The van der Waals surface area contributed by atoms with Crippen molar-refractivity contribution < 1.29 is 12.8 Å². The van der Waals surface area contributed by atoms with E-state index in [9.17, 15) is 12.8 Å². The van der Waals surface area contributed by atoms with E-state index in [2.05, 4.69) is 15.2 Å². The van der Waals surface area contributed by atoms with E-state index in [1.807, 2.05) is 36.4 Å². The summed E-state index contributed by atoms with van der Waals surface area (Å²) in [6.07, 6.45) is 0. The largest absolute Gasteiger partial charge is 0.274 e. The topological polar surface area (TPSA) is 80.5 Å². The number of sulfonamides is 1. The van der Waals surface area contributed by atoms with E-state index in [-0.39, 0.29) is 16.6 Å². The van der Waals surface area contributed by atoms with Crippen molar-refractivity contribution in [3.63, 3.8) is 0 Å². The number of nitrogens with zero attached hydrogens (tertiary/aromatic N) is 5. The van der Waals surface area contributed by atoms with Crippen molar-refractivity contribution in [3.05, 3.63) is 60.2 Å². The number of para-hydroxylation sites is 2. The third-order valence-corrected chi connectivity index (χ3v) is 6.29. The van der Waals surface area contributed by atoms with Gasteiger partial charge in [0.2, 0.25) is 5.65 Å². The molecular formula is C19H18FN5O2S. The van der Waals surface area contributed by atoms with Crippen LogP contribution in [0.3, 0.4) is 0 Å². The standard InChI is InChI=1S/C19H18FN5O2S/c1-12(2)17-22-23-19-18(21-15-6-4-5-7-16(15)25(17)19)24(3)28(26,27)14-10-8-13(20)9-11-14/h4-12H,1-3H3. The van der Waals surface area contributed by atoms with Crippen molar-refractivity contribution in [3.8, 4) is 0 Å². The highest BCUT2D eigenvalue weighted by Gasteiger charge is 2.27. The fourth-order valence-corrected chi connectivity index (χ4v) is 4.20. The van der Waals surface area contributed by atoms with Gasteiger partial charge in [-0.3, -0.25) is 4.40 Å². The second-order valence-electron chi connectivity index (χ2n) is 6.72. The fourth-order valence-electron chi connectivity index (χ4n) is 3.05. The van der Waals surface area contributed by atoms with Crippen molar-refractivity contribution in [1.82, 2.24) is 19.6 Å². The summed E-state index contributed by atoms with van der Waals surface area (Å²) in [5.41, 5.74) is 1.76. The lowest BCUT2D eigenvalue weighted by atomic mass is 10.2. The summed E-state index contributed by atoms with van der Waals surface area (Å²) in [6, 6.07) is 12.1. The van der Waals surface area contributed by atoms with Crippen LogP contribution in [0.15, 0.2) is 53.4 Å². The molecule has 0 amide bonds. The quantitative estimate of drug-likeness (QED) is 0.526. The van der Waals surface area contributed by atoms with Gasteiger partial charge in [-0.15, -0.1) is 10.2 Å².